The lowest BCUT2D eigenvalue weighted by Gasteiger charge is -2.06. The minimum atomic E-state index is -0.377. The van der Waals surface area contributed by atoms with Gasteiger partial charge in [-0.25, -0.2) is 0 Å². The predicted octanol–water partition coefficient (Wildman–Crippen LogP) is 3.04. The minimum absolute atomic E-state index is 0.142. The second kappa shape index (κ2) is 6.96. The predicted molar refractivity (Wildman–Crippen MR) is 100 cm³/mol. The van der Waals surface area contributed by atoms with Crippen LogP contribution in [0.15, 0.2) is 52.5 Å². The number of phenols is 3. The average molecular weight is 372 g/mol. The fraction of sp³-hybridized carbons (Fsp3) is 0. The molecule has 0 spiro atoms. The van der Waals surface area contributed by atoms with Crippen molar-refractivity contribution in [1.29, 1.82) is 0 Å². The monoisotopic (exact) mass is 372 g/mol. The molecule has 1 heterocycles. The minimum Gasteiger partial charge on any atom is -0.508 e. The largest absolute Gasteiger partial charge is 0.508 e. The number of thioether (sulfide) groups is 1. The highest BCUT2D eigenvalue weighted by Crippen LogP contribution is 2.34. The maximum Gasteiger partial charge on any atom is 0.286 e. The molecule has 6 nitrogen and oxygen atoms in total. The average Bonchev–Trinajstić information content (AvgIpc) is 2.84. The molecular weight excluding hydrogens is 360 g/mol. The van der Waals surface area contributed by atoms with E-state index in [2.05, 4.69) is 5.10 Å². The molecule has 1 aliphatic heterocycles. The lowest BCUT2D eigenvalue weighted by Crippen LogP contribution is -2.22. The highest BCUT2D eigenvalue weighted by atomic mass is 32.2. The van der Waals surface area contributed by atoms with E-state index in [1.54, 1.807) is 24.3 Å². The van der Waals surface area contributed by atoms with Crippen molar-refractivity contribution < 1.29 is 20.1 Å². The molecular formula is C17H12N2O4S2. The normalized spacial score (nSPS) is 16.3. The van der Waals surface area contributed by atoms with Crippen LogP contribution in [0.1, 0.15) is 11.1 Å². The number of carbonyl (C=O) groups is 1. The number of hydrogen-bond acceptors (Lipinski definition) is 7. The van der Waals surface area contributed by atoms with Gasteiger partial charge >= 0.3 is 0 Å². The van der Waals surface area contributed by atoms with Crippen molar-refractivity contribution in [2.75, 3.05) is 0 Å². The molecule has 1 fully saturated rings. The van der Waals surface area contributed by atoms with Crippen LogP contribution < -0.4 is 0 Å². The van der Waals surface area contributed by atoms with Crippen molar-refractivity contribution in [1.82, 2.24) is 5.01 Å². The second-order valence-corrected chi connectivity index (χ2v) is 6.75. The van der Waals surface area contributed by atoms with Crippen LogP contribution in [0.2, 0.25) is 0 Å². The van der Waals surface area contributed by atoms with Crippen molar-refractivity contribution in [2.24, 2.45) is 5.10 Å². The van der Waals surface area contributed by atoms with Gasteiger partial charge in [0.1, 0.15) is 5.75 Å². The van der Waals surface area contributed by atoms with Crippen molar-refractivity contribution in [3.63, 3.8) is 0 Å². The Morgan fingerprint density at radius 2 is 1.68 bits per heavy atom. The number of carbonyl (C=O) groups excluding carboxylic acids is 1. The Morgan fingerprint density at radius 1 is 1.00 bits per heavy atom. The Hall–Kier alpha value is -2.84. The highest BCUT2D eigenvalue weighted by molar-refractivity contribution is 8.26. The maximum absolute atomic E-state index is 12.4. The van der Waals surface area contributed by atoms with Gasteiger partial charge in [0.15, 0.2) is 15.8 Å². The van der Waals surface area contributed by atoms with E-state index in [-0.39, 0.29) is 27.5 Å². The van der Waals surface area contributed by atoms with Crippen LogP contribution in [0.4, 0.5) is 0 Å². The zero-order valence-electron chi connectivity index (χ0n) is 12.7. The maximum atomic E-state index is 12.4. The number of benzene rings is 2. The van der Waals surface area contributed by atoms with Crippen LogP contribution in [-0.4, -0.2) is 36.8 Å². The van der Waals surface area contributed by atoms with Gasteiger partial charge in [-0.1, -0.05) is 17.8 Å². The number of amides is 1. The van der Waals surface area contributed by atoms with Crippen LogP contribution in [0.25, 0.3) is 6.08 Å². The molecule has 8 heteroatoms. The van der Waals surface area contributed by atoms with Crippen LogP contribution >= 0.6 is 24.0 Å². The summed E-state index contributed by atoms with van der Waals surface area (Å²) in [5.74, 6) is -0.738. The van der Waals surface area contributed by atoms with E-state index in [9.17, 15) is 20.1 Å². The highest BCUT2D eigenvalue weighted by Gasteiger charge is 2.32. The van der Waals surface area contributed by atoms with Gasteiger partial charge in [0.05, 0.1) is 11.1 Å². The third kappa shape index (κ3) is 3.81. The molecule has 0 atom stereocenters. The number of hydrogen-bond donors (Lipinski definition) is 3. The summed E-state index contributed by atoms with van der Waals surface area (Å²) < 4.78 is 0.286. The van der Waals surface area contributed by atoms with Crippen LogP contribution in [0.3, 0.4) is 0 Å². The molecule has 2 aromatic rings. The van der Waals surface area contributed by atoms with Crippen LogP contribution in [0.5, 0.6) is 17.2 Å². The number of nitrogens with zero attached hydrogens (tertiary/aromatic N) is 2. The summed E-state index contributed by atoms with van der Waals surface area (Å²) in [5.41, 5.74) is 1.26. The number of phenolic OH excluding ortho intramolecular Hbond substituents is 3. The van der Waals surface area contributed by atoms with E-state index in [1.165, 1.54) is 30.5 Å². The fourth-order valence-electron chi connectivity index (χ4n) is 2.03. The smallest absolute Gasteiger partial charge is 0.286 e. The van der Waals surface area contributed by atoms with Crippen molar-refractivity contribution in [2.45, 2.75) is 0 Å². The number of aromatic hydroxyl groups is 3. The Morgan fingerprint density at radius 3 is 2.36 bits per heavy atom. The summed E-state index contributed by atoms with van der Waals surface area (Å²) in [6, 6.07) is 10.6. The fourth-order valence-corrected chi connectivity index (χ4v) is 3.20. The van der Waals surface area contributed by atoms with Gasteiger partial charge in [0.2, 0.25) is 0 Å². The molecule has 3 rings (SSSR count). The van der Waals surface area contributed by atoms with Gasteiger partial charge in [-0.15, -0.1) is 0 Å². The summed E-state index contributed by atoms with van der Waals surface area (Å²) in [7, 11) is 0. The standard InChI is InChI=1S/C17H12N2O4S2/c20-12-4-1-10(2-5-12)9-18-19-16(23)15(25-17(19)24)8-11-3-6-13(21)14(22)7-11/h1-9,20-22H/b15-8+,18-9+. The molecule has 1 aliphatic rings. The van der Waals surface area contributed by atoms with Gasteiger partial charge in [-0.2, -0.15) is 10.1 Å². The third-order valence-corrected chi connectivity index (χ3v) is 4.57. The molecule has 0 saturated carbocycles. The van der Waals surface area contributed by atoms with Gasteiger partial charge in [-0.05, 0) is 65.8 Å². The number of rotatable bonds is 3. The second-order valence-electron chi connectivity index (χ2n) is 5.08. The Labute approximate surface area is 152 Å². The van der Waals surface area contributed by atoms with Crippen molar-refractivity contribution in [3.05, 3.63) is 58.5 Å². The molecule has 0 radical (unpaired) electrons. The molecule has 0 aromatic heterocycles. The summed E-state index contributed by atoms with van der Waals surface area (Å²) in [4.78, 5) is 12.8. The number of thiocarbonyl (C=S) groups is 1. The molecule has 0 bridgehead atoms. The molecule has 126 valence electrons. The first-order chi connectivity index (χ1) is 11.9. The van der Waals surface area contributed by atoms with E-state index in [4.69, 9.17) is 12.2 Å². The quantitative estimate of drug-likeness (QED) is 0.332. The Balaban J connectivity index is 1.80. The lowest BCUT2D eigenvalue weighted by atomic mass is 10.2. The first-order valence-corrected chi connectivity index (χ1v) is 8.29. The van der Waals surface area contributed by atoms with Gasteiger partial charge in [0.25, 0.3) is 5.91 Å². The molecule has 0 aliphatic carbocycles. The van der Waals surface area contributed by atoms with Gasteiger partial charge < -0.3 is 15.3 Å². The Kier molecular flexibility index (Phi) is 4.73. The number of hydrazone groups is 1. The first kappa shape index (κ1) is 17.0. The van der Waals surface area contributed by atoms with E-state index in [1.807, 2.05) is 0 Å². The molecule has 1 amide bonds. The van der Waals surface area contributed by atoms with E-state index >= 15 is 0 Å². The molecule has 3 N–H and O–H groups in total. The molecule has 2 aromatic carbocycles. The van der Waals surface area contributed by atoms with Crippen molar-refractivity contribution >= 4 is 46.5 Å². The topological polar surface area (TPSA) is 93.4 Å². The van der Waals surface area contributed by atoms with E-state index in [0.29, 0.717) is 16.0 Å². The first-order valence-electron chi connectivity index (χ1n) is 7.07. The zero-order valence-corrected chi connectivity index (χ0v) is 14.3. The SMILES string of the molecule is O=C1/C(=C\c2ccc(O)c(O)c2)SC(=S)N1/N=C/c1ccc(O)cc1. The zero-order chi connectivity index (χ0) is 18.0. The van der Waals surface area contributed by atoms with Crippen LogP contribution in [-0.2, 0) is 4.79 Å². The summed E-state index contributed by atoms with van der Waals surface area (Å²) in [5, 5.41) is 33.3. The van der Waals surface area contributed by atoms with E-state index in [0.717, 1.165) is 16.8 Å². The lowest BCUT2D eigenvalue weighted by molar-refractivity contribution is -0.122. The third-order valence-electron chi connectivity index (χ3n) is 3.29. The molecule has 25 heavy (non-hydrogen) atoms. The van der Waals surface area contributed by atoms with Gasteiger partial charge in [-0.3, -0.25) is 4.79 Å². The van der Waals surface area contributed by atoms with Crippen molar-refractivity contribution in [3.8, 4) is 17.2 Å². The summed E-state index contributed by atoms with van der Waals surface area (Å²) >= 11 is 6.27. The summed E-state index contributed by atoms with van der Waals surface area (Å²) in [6.45, 7) is 0. The molecule has 0 unspecified atom stereocenters. The molecule has 1 saturated heterocycles. The van der Waals surface area contributed by atoms with Gasteiger partial charge in [0, 0.05) is 0 Å². The summed E-state index contributed by atoms with van der Waals surface area (Å²) in [6.07, 6.45) is 3.04. The van der Waals surface area contributed by atoms with Crippen LogP contribution in [0, 0.1) is 0 Å². The Bertz CT molecular complexity index is 907. The van der Waals surface area contributed by atoms with E-state index < -0.39 is 0 Å².